The highest BCUT2D eigenvalue weighted by Crippen LogP contribution is 2.55. The Hall–Kier alpha value is -3.60. The van der Waals surface area contributed by atoms with Crippen LogP contribution in [-0.4, -0.2) is 32.1 Å². The van der Waals surface area contributed by atoms with Gasteiger partial charge in [-0.25, -0.2) is 0 Å². The van der Waals surface area contributed by atoms with Crippen LogP contribution in [0.15, 0.2) is 73.3 Å². The maximum Gasteiger partial charge on any atom is 0.251 e. The van der Waals surface area contributed by atoms with Crippen molar-refractivity contribution in [3.8, 4) is 22.3 Å². The predicted molar refractivity (Wildman–Crippen MR) is 162 cm³/mol. The summed E-state index contributed by atoms with van der Waals surface area (Å²) < 4.78 is 0. The predicted octanol–water partition coefficient (Wildman–Crippen LogP) is 6.82. The summed E-state index contributed by atoms with van der Waals surface area (Å²) in [5.41, 5.74) is 16.9. The van der Waals surface area contributed by atoms with Crippen molar-refractivity contribution in [2.24, 2.45) is 5.73 Å². The van der Waals surface area contributed by atoms with Crippen molar-refractivity contribution in [1.29, 1.82) is 0 Å². The first kappa shape index (κ1) is 26.0. The Morgan fingerprint density at radius 2 is 1.55 bits per heavy atom. The van der Waals surface area contributed by atoms with Gasteiger partial charge in [-0.1, -0.05) is 86.7 Å². The highest BCUT2D eigenvalue weighted by molar-refractivity contribution is 6.17. The van der Waals surface area contributed by atoms with Gasteiger partial charge in [0.1, 0.15) is 0 Å². The van der Waals surface area contributed by atoms with Gasteiger partial charge in [-0.3, -0.25) is 4.79 Å². The molecule has 1 saturated heterocycles. The van der Waals surface area contributed by atoms with Crippen molar-refractivity contribution in [2.75, 3.05) is 31.1 Å². The molecule has 1 amide bonds. The van der Waals surface area contributed by atoms with Crippen molar-refractivity contribution in [1.82, 2.24) is 5.32 Å². The van der Waals surface area contributed by atoms with Crippen LogP contribution in [0.3, 0.4) is 0 Å². The lowest BCUT2D eigenvalue weighted by Crippen LogP contribution is -2.44. The molecular weight excluding hydrogens is 490 g/mol. The lowest BCUT2D eigenvalue weighted by molar-refractivity contribution is 0.1000. The van der Waals surface area contributed by atoms with Gasteiger partial charge < -0.3 is 16.0 Å². The van der Waals surface area contributed by atoms with Gasteiger partial charge in [0, 0.05) is 37.3 Å². The zero-order valence-corrected chi connectivity index (χ0v) is 22.7. The first-order chi connectivity index (χ1) is 18.1. The van der Waals surface area contributed by atoms with E-state index in [0.29, 0.717) is 5.56 Å². The molecule has 5 heteroatoms. The van der Waals surface area contributed by atoms with Crippen molar-refractivity contribution in [2.45, 2.75) is 26.2 Å². The van der Waals surface area contributed by atoms with Gasteiger partial charge in [0.2, 0.25) is 0 Å². The van der Waals surface area contributed by atoms with Crippen LogP contribution in [0.1, 0.15) is 46.8 Å². The normalized spacial score (nSPS) is 14.2. The van der Waals surface area contributed by atoms with Crippen LogP contribution >= 0.6 is 12.4 Å². The average molecular weight is 524 g/mol. The molecule has 0 unspecified atom stereocenters. The van der Waals surface area contributed by atoms with E-state index < -0.39 is 0 Å². The largest absolute Gasteiger partial charge is 0.368 e. The van der Waals surface area contributed by atoms with Gasteiger partial charge in [0.05, 0.1) is 11.3 Å². The number of anilines is 1. The summed E-state index contributed by atoms with van der Waals surface area (Å²) in [5.74, 6) is -0.354. The molecular formula is C33H34ClN3O. The molecule has 1 heterocycles. The number of carbonyl (C=O) groups is 1. The summed E-state index contributed by atoms with van der Waals surface area (Å²) in [6, 6.07) is 23.5. The number of nitrogens with zero attached hydrogens (tertiary/aromatic N) is 1. The number of unbranched alkanes of at least 4 members (excludes halogenated alkanes) is 1. The van der Waals surface area contributed by atoms with Crippen LogP contribution in [0.2, 0.25) is 0 Å². The lowest BCUT2D eigenvalue weighted by Gasteiger charge is -2.35. The first-order valence-corrected chi connectivity index (χ1v) is 13.4. The molecule has 1 aliphatic carbocycles. The zero-order valence-electron chi connectivity index (χ0n) is 21.8. The van der Waals surface area contributed by atoms with Gasteiger partial charge in [-0.05, 0) is 57.0 Å². The molecule has 0 spiro atoms. The summed E-state index contributed by atoms with van der Waals surface area (Å²) in [5, 5.41) is 5.83. The van der Waals surface area contributed by atoms with E-state index in [0.717, 1.165) is 84.5 Å². The number of nitrogens with two attached hydrogens (primary N) is 1. The minimum Gasteiger partial charge on any atom is -0.368 e. The van der Waals surface area contributed by atoms with Crippen LogP contribution in [-0.2, 0) is 6.42 Å². The third-order valence-corrected chi connectivity index (χ3v) is 7.92. The molecule has 0 atom stereocenters. The monoisotopic (exact) mass is 523 g/mol. The molecule has 2 aliphatic rings. The third-order valence-electron chi connectivity index (χ3n) is 7.92. The summed E-state index contributed by atoms with van der Waals surface area (Å²) in [6.07, 6.45) is 2.82. The summed E-state index contributed by atoms with van der Waals surface area (Å²) >= 11 is 0. The van der Waals surface area contributed by atoms with E-state index >= 15 is 0 Å². The maximum atomic E-state index is 13.4. The number of benzene rings is 4. The number of amides is 1. The fourth-order valence-corrected chi connectivity index (χ4v) is 6.26. The maximum absolute atomic E-state index is 13.4. The standard InChI is InChI=1S/C33H33N3O.ClH/c1-3-4-12-27-29(26-16-9-11-22-10-5-6-14-24(22)26)30-25-15-8-7-13-23(25)21(2)28(30)32(31(27)33(34)37)36-19-17-35-18-20-36;/h5-11,13-16,35H,2-4,12,17-20H2,1H3,(H2,34,37);1H. The van der Waals surface area contributed by atoms with Crippen molar-refractivity contribution in [3.63, 3.8) is 0 Å². The van der Waals surface area contributed by atoms with Crippen LogP contribution < -0.4 is 16.0 Å². The molecule has 38 heavy (non-hydrogen) atoms. The molecule has 4 aromatic rings. The van der Waals surface area contributed by atoms with Gasteiger partial charge in [0.25, 0.3) is 5.91 Å². The molecule has 0 aromatic heterocycles. The minimum atomic E-state index is -0.354. The Morgan fingerprint density at radius 3 is 2.29 bits per heavy atom. The Bertz CT molecular complexity index is 1550. The fraction of sp³-hybridized carbons (Fsp3) is 0.242. The van der Waals surface area contributed by atoms with Gasteiger partial charge >= 0.3 is 0 Å². The van der Waals surface area contributed by atoms with E-state index in [4.69, 9.17) is 5.73 Å². The molecule has 6 rings (SSSR count). The number of halogens is 1. The molecule has 0 bridgehead atoms. The number of fused-ring (bicyclic) bond motifs is 4. The van der Waals surface area contributed by atoms with E-state index in [-0.39, 0.29) is 18.3 Å². The van der Waals surface area contributed by atoms with Crippen LogP contribution in [0.5, 0.6) is 0 Å². The SMILES string of the molecule is C=C1c2ccccc2-c2c1c(N1CCNCC1)c(C(N)=O)c(CCCC)c2-c1cccc2ccccc12.Cl. The Labute approximate surface area is 231 Å². The van der Waals surface area contributed by atoms with E-state index in [1.165, 1.54) is 21.9 Å². The number of hydrogen-bond donors (Lipinski definition) is 2. The third kappa shape index (κ3) is 4.09. The van der Waals surface area contributed by atoms with E-state index in [1.807, 2.05) is 0 Å². The van der Waals surface area contributed by atoms with Crippen molar-refractivity contribution in [3.05, 3.63) is 95.6 Å². The highest BCUT2D eigenvalue weighted by Gasteiger charge is 2.36. The highest BCUT2D eigenvalue weighted by atomic mass is 35.5. The van der Waals surface area contributed by atoms with E-state index in [2.05, 4.69) is 90.4 Å². The van der Waals surface area contributed by atoms with E-state index in [1.54, 1.807) is 0 Å². The second-order valence-electron chi connectivity index (χ2n) is 10.1. The molecule has 1 fully saturated rings. The second kappa shape index (κ2) is 10.6. The lowest BCUT2D eigenvalue weighted by atomic mass is 9.81. The van der Waals surface area contributed by atoms with Crippen molar-refractivity contribution >= 4 is 40.3 Å². The Kier molecular flexibility index (Phi) is 7.29. The smallest absolute Gasteiger partial charge is 0.251 e. The molecule has 194 valence electrons. The number of primary amides is 1. The summed E-state index contributed by atoms with van der Waals surface area (Å²) in [6.45, 7) is 10.2. The molecule has 3 N–H and O–H groups in total. The van der Waals surface area contributed by atoms with Crippen LogP contribution in [0.4, 0.5) is 5.69 Å². The molecule has 0 saturated carbocycles. The topological polar surface area (TPSA) is 58.4 Å². The molecule has 4 aromatic carbocycles. The molecule has 1 aliphatic heterocycles. The molecule has 4 nitrogen and oxygen atoms in total. The Morgan fingerprint density at radius 1 is 0.895 bits per heavy atom. The van der Waals surface area contributed by atoms with Crippen molar-refractivity contribution < 1.29 is 4.79 Å². The van der Waals surface area contributed by atoms with Gasteiger partial charge in [0.15, 0.2) is 0 Å². The fourth-order valence-electron chi connectivity index (χ4n) is 6.26. The summed E-state index contributed by atoms with van der Waals surface area (Å²) in [7, 11) is 0. The number of hydrogen-bond acceptors (Lipinski definition) is 3. The van der Waals surface area contributed by atoms with Gasteiger partial charge in [-0.2, -0.15) is 0 Å². The Balaban J connectivity index is 0.00000294. The number of nitrogens with one attached hydrogen (secondary N) is 1. The zero-order chi connectivity index (χ0) is 25.5. The second-order valence-corrected chi connectivity index (χ2v) is 10.1. The number of carbonyl (C=O) groups excluding carboxylic acids is 1. The minimum absolute atomic E-state index is 0. The number of rotatable bonds is 6. The first-order valence-electron chi connectivity index (χ1n) is 13.4. The van der Waals surface area contributed by atoms with E-state index in [9.17, 15) is 4.79 Å². The number of piperazine rings is 1. The van der Waals surface area contributed by atoms with Crippen LogP contribution in [0, 0.1) is 0 Å². The molecule has 0 radical (unpaired) electrons. The summed E-state index contributed by atoms with van der Waals surface area (Å²) in [4.78, 5) is 15.8. The quantitative estimate of drug-likeness (QED) is 0.257. The van der Waals surface area contributed by atoms with Crippen LogP contribution in [0.25, 0.3) is 38.6 Å². The van der Waals surface area contributed by atoms with Gasteiger partial charge in [-0.15, -0.1) is 12.4 Å². The average Bonchev–Trinajstić information content (AvgIpc) is 3.23.